The van der Waals surface area contributed by atoms with Crippen molar-refractivity contribution in [3.63, 3.8) is 0 Å². The maximum absolute atomic E-state index is 11.3. The average Bonchev–Trinajstić information content (AvgIpc) is 2.67. The van der Waals surface area contributed by atoms with Crippen molar-refractivity contribution in [1.29, 1.82) is 0 Å². The first kappa shape index (κ1) is 25.0. The number of benzene rings is 2. The number of aromatic hydroxyl groups is 2. The van der Waals surface area contributed by atoms with E-state index in [-0.39, 0.29) is 16.6 Å². The zero-order valence-electron chi connectivity index (χ0n) is 21.1. The Bertz CT molecular complexity index is 945. The van der Waals surface area contributed by atoms with Gasteiger partial charge < -0.3 is 10.2 Å². The molecule has 176 valence electrons. The summed E-state index contributed by atoms with van der Waals surface area (Å²) in [5, 5.41) is 21.9. The molecule has 1 saturated heterocycles. The van der Waals surface area contributed by atoms with E-state index in [1.54, 1.807) is 6.07 Å². The van der Waals surface area contributed by atoms with Gasteiger partial charge in [-0.3, -0.25) is 4.90 Å². The molecule has 0 aromatic heterocycles. The van der Waals surface area contributed by atoms with E-state index >= 15 is 0 Å². The molecule has 2 atom stereocenters. The molecule has 3 nitrogen and oxygen atoms in total. The van der Waals surface area contributed by atoms with Crippen molar-refractivity contribution in [3.05, 3.63) is 47.0 Å². The average molecular weight is 456 g/mol. The number of phenols is 2. The van der Waals surface area contributed by atoms with Crippen molar-refractivity contribution in [1.82, 2.24) is 4.90 Å². The lowest BCUT2D eigenvalue weighted by molar-refractivity contribution is 0.0942. The Hall–Kier alpha value is -1.65. The highest BCUT2D eigenvalue weighted by atomic mass is 32.2. The van der Waals surface area contributed by atoms with Gasteiger partial charge in [-0.05, 0) is 66.8 Å². The molecule has 32 heavy (non-hydrogen) atoms. The van der Waals surface area contributed by atoms with E-state index in [2.05, 4.69) is 78.5 Å². The molecule has 2 aromatic carbocycles. The van der Waals surface area contributed by atoms with Gasteiger partial charge in [0.15, 0.2) is 0 Å². The Morgan fingerprint density at radius 2 is 1.41 bits per heavy atom. The van der Waals surface area contributed by atoms with Gasteiger partial charge in [0, 0.05) is 24.2 Å². The van der Waals surface area contributed by atoms with Crippen LogP contribution in [0.1, 0.15) is 91.3 Å². The summed E-state index contributed by atoms with van der Waals surface area (Å²) in [6, 6.07) is 11.1. The molecule has 3 rings (SSSR count). The van der Waals surface area contributed by atoms with Crippen LogP contribution in [0.4, 0.5) is 0 Å². The van der Waals surface area contributed by atoms with E-state index in [1.165, 1.54) is 42.2 Å². The fourth-order valence-electron chi connectivity index (χ4n) is 4.46. The first-order chi connectivity index (χ1) is 14.8. The van der Waals surface area contributed by atoms with Gasteiger partial charge in [-0.1, -0.05) is 71.9 Å². The predicted octanol–water partition coefficient (Wildman–Crippen LogP) is 7.61. The van der Waals surface area contributed by atoms with Gasteiger partial charge in [0.2, 0.25) is 0 Å². The molecule has 0 amide bonds. The van der Waals surface area contributed by atoms with Gasteiger partial charge in [0.25, 0.3) is 0 Å². The van der Waals surface area contributed by atoms with Gasteiger partial charge in [-0.2, -0.15) is 0 Å². The fraction of sp³-hybridized carbons (Fsp3) is 0.571. The third-order valence-electron chi connectivity index (χ3n) is 6.79. The number of rotatable bonds is 4. The maximum Gasteiger partial charge on any atom is 0.134 e. The molecule has 0 bridgehead atoms. The highest BCUT2D eigenvalue weighted by Gasteiger charge is 2.27. The van der Waals surface area contributed by atoms with Gasteiger partial charge in [0.1, 0.15) is 11.5 Å². The van der Waals surface area contributed by atoms with E-state index in [0.29, 0.717) is 17.8 Å². The molecule has 2 unspecified atom stereocenters. The van der Waals surface area contributed by atoms with E-state index in [4.69, 9.17) is 0 Å². The van der Waals surface area contributed by atoms with Crippen molar-refractivity contribution in [3.8, 4) is 11.5 Å². The highest BCUT2D eigenvalue weighted by molar-refractivity contribution is 7.99. The van der Waals surface area contributed by atoms with E-state index in [0.717, 1.165) is 21.9 Å². The Kier molecular flexibility index (Phi) is 7.26. The predicted molar refractivity (Wildman–Crippen MR) is 136 cm³/mol. The summed E-state index contributed by atoms with van der Waals surface area (Å²) in [4.78, 5) is 4.12. The second-order valence-corrected chi connectivity index (χ2v) is 12.7. The maximum atomic E-state index is 11.3. The Morgan fingerprint density at radius 1 is 0.844 bits per heavy atom. The topological polar surface area (TPSA) is 43.7 Å². The lowest BCUT2D eigenvalue weighted by Crippen LogP contribution is -2.43. The standard InChI is InChI=1S/C28H41NO2S/c1-18-10-9-11-19(2)29(18)17-20-14-22(28(6,7)8)16-25(26(20)31)32-24-15-21(27(3,4)5)12-13-23(24)30/h12-16,18-19,30-31H,9-11,17H2,1-8H3. The molecule has 4 heteroatoms. The zero-order valence-corrected chi connectivity index (χ0v) is 21.9. The molecule has 1 fully saturated rings. The second-order valence-electron chi connectivity index (χ2n) is 11.6. The van der Waals surface area contributed by atoms with Crippen molar-refractivity contribution >= 4 is 11.8 Å². The molecule has 0 saturated carbocycles. The number of hydrogen-bond acceptors (Lipinski definition) is 4. The number of likely N-dealkylation sites (tertiary alicyclic amines) is 1. The van der Waals surface area contributed by atoms with Crippen molar-refractivity contribution < 1.29 is 10.2 Å². The van der Waals surface area contributed by atoms with Crippen molar-refractivity contribution in [2.24, 2.45) is 0 Å². The first-order valence-corrected chi connectivity index (χ1v) is 12.7. The summed E-state index contributed by atoms with van der Waals surface area (Å²) >= 11 is 1.46. The lowest BCUT2D eigenvalue weighted by Gasteiger charge is -2.39. The molecular weight excluding hydrogens is 414 g/mol. The van der Waals surface area contributed by atoms with Crippen LogP contribution in [0.3, 0.4) is 0 Å². The summed E-state index contributed by atoms with van der Waals surface area (Å²) < 4.78 is 0. The van der Waals surface area contributed by atoms with Crippen LogP contribution in [0.15, 0.2) is 40.1 Å². The molecule has 1 heterocycles. The van der Waals surface area contributed by atoms with Crippen LogP contribution >= 0.6 is 11.8 Å². The SMILES string of the molecule is CC1CCCC(C)N1Cc1cc(C(C)(C)C)cc(Sc2cc(C(C)(C)C)ccc2O)c1O. The first-order valence-electron chi connectivity index (χ1n) is 11.9. The van der Waals surface area contributed by atoms with E-state index in [1.807, 2.05) is 6.07 Å². The molecule has 1 aliphatic rings. The summed E-state index contributed by atoms with van der Waals surface area (Å²) in [5.74, 6) is 0.594. The van der Waals surface area contributed by atoms with Gasteiger partial charge in [0.05, 0.1) is 9.79 Å². The summed E-state index contributed by atoms with van der Waals surface area (Å²) in [7, 11) is 0. The minimum atomic E-state index is -0.0355. The van der Waals surface area contributed by atoms with Crippen molar-refractivity contribution in [2.75, 3.05) is 0 Å². The smallest absolute Gasteiger partial charge is 0.134 e. The monoisotopic (exact) mass is 455 g/mol. The minimum Gasteiger partial charge on any atom is -0.507 e. The number of hydrogen-bond donors (Lipinski definition) is 2. The number of nitrogens with zero attached hydrogens (tertiary/aromatic N) is 1. The molecule has 0 spiro atoms. The van der Waals surface area contributed by atoms with Gasteiger partial charge in [-0.25, -0.2) is 0 Å². The Morgan fingerprint density at radius 3 is 1.97 bits per heavy atom. The molecule has 2 aromatic rings. The van der Waals surface area contributed by atoms with Crippen LogP contribution in [-0.2, 0) is 17.4 Å². The van der Waals surface area contributed by atoms with Crippen LogP contribution in [0.2, 0.25) is 0 Å². The summed E-state index contributed by atoms with van der Waals surface area (Å²) in [6.45, 7) is 18.5. The van der Waals surface area contributed by atoms with Crippen LogP contribution in [-0.4, -0.2) is 27.2 Å². The van der Waals surface area contributed by atoms with E-state index in [9.17, 15) is 10.2 Å². The molecule has 0 aliphatic carbocycles. The van der Waals surface area contributed by atoms with Crippen LogP contribution in [0.25, 0.3) is 0 Å². The third kappa shape index (κ3) is 5.63. The summed E-state index contributed by atoms with van der Waals surface area (Å²) in [5.41, 5.74) is 3.31. The fourth-order valence-corrected chi connectivity index (χ4v) is 5.47. The highest BCUT2D eigenvalue weighted by Crippen LogP contribution is 2.44. The largest absolute Gasteiger partial charge is 0.507 e. The molecule has 0 radical (unpaired) electrons. The van der Waals surface area contributed by atoms with Crippen LogP contribution in [0.5, 0.6) is 11.5 Å². The van der Waals surface area contributed by atoms with Gasteiger partial charge >= 0.3 is 0 Å². The normalized spacial score (nSPS) is 20.5. The lowest BCUT2D eigenvalue weighted by atomic mass is 9.85. The number of piperidine rings is 1. The zero-order chi connectivity index (χ0) is 23.8. The minimum absolute atomic E-state index is 0.00991. The molecule has 2 N–H and O–H groups in total. The van der Waals surface area contributed by atoms with Crippen LogP contribution < -0.4 is 0 Å². The molecule has 1 aliphatic heterocycles. The quantitative estimate of drug-likeness (QED) is 0.498. The van der Waals surface area contributed by atoms with Crippen molar-refractivity contribution in [2.45, 2.75) is 114 Å². The Labute approximate surface area is 199 Å². The second kappa shape index (κ2) is 9.30. The summed E-state index contributed by atoms with van der Waals surface area (Å²) in [6.07, 6.45) is 3.69. The molecular formula is C28H41NO2S. The Balaban J connectivity index is 2.04. The third-order valence-corrected chi connectivity index (χ3v) is 7.87. The number of phenolic OH excluding ortho intramolecular Hbond substituents is 2. The van der Waals surface area contributed by atoms with Gasteiger partial charge in [-0.15, -0.1) is 0 Å². The van der Waals surface area contributed by atoms with Crippen LogP contribution in [0, 0.1) is 0 Å². The van der Waals surface area contributed by atoms with E-state index < -0.39 is 0 Å².